The van der Waals surface area contributed by atoms with Crippen LogP contribution in [0.5, 0.6) is 11.8 Å². The van der Waals surface area contributed by atoms with Gasteiger partial charge in [0.05, 0.1) is 0 Å². The van der Waals surface area contributed by atoms with Gasteiger partial charge in [-0.2, -0.15) is 0 Å². The summed E-state index contributed by atoms with van der Waals surface area (Å²) in [6.45, 7) is 7.42. The van der Waals surface area contributed by atoms with Crippen LogP contribution in [0.15, 0.2) is 0 Å². The zero-order valence-corrected chi connectivity index (χ0v) is 7.92. The Morgan fingerprint density at radius 3 is 1.50 bits per heavy atom. The Balaban J connectivity index is 3.38. The summed E-state index contributed by atoms with van der Waals surface area (Å²) in [4.78, 5) is 0. The lowest BCUT2D eigenvalue weighted by atomic mass is 10.2. The van der Waals surface area contributed by atoms with E-state index in [-0.39, 0.29) is 17.8 Å². The predicted octanol–water partition coefficient (Wildman–Crippen LogP) is 2.10. The minimum atomic E-state index is 0.0809. The smallest absolute Gasteiger partial charge is 0.197 e. The van der Waals surface area contributed by atoms with Crippen LogP contribution in [-0.2, 0) is 0 Å². The Hall–Kier alpha value is -1.12. The van der Waals surface area contributed by atoms with Crippen molar-refractivity contribution >= 4 is 0 Å². The molecule has 3 heteroatoms. The van der Waals surface area contributed by atoms with Crippen molar-refractivity contribution in [2.45, 2.75) is 33.7 Å². The maximum Gasteiger partial charge on any atom is 0.197 e. The molecule has 0 aliphatic rings. The fourth-order valence-electron chi connectivity index (χ4n) is 1.29. The lowest BCUT2D eigenvalue weighted by Gasteiger charge is -2.10. The monoisotopic (exact) mass is 169 g/mol. The minimum Gasteiger partial charge on any atom is -0.494 e. The molecule has 0 bridgehead atoms. The zero-order valence-electron chi connectivity index (χ0n) is 7.92. The second-order valence-corrected chi connectivity index (χ2v) is 3.36. The Kier molecular flexibility index (Phi) is 2.04. The lowest BCUT2D eigenvalue weighted by Crippen LogP contribution is -1.98. The normalized spacial score (nSPS) is 11.1. The van der Waals surface area contributed by atoms with E-state index in [0.717, 1.165) is 11.1 Å². The van der Waals surface area contributed by atoms with E-state index in [0.29, 0.717) is 0 Å². The van der Waals surface area contributed by atoms with Crippen molar-refractivity contribution in [1.29, 1.82) is 0 Å². The molecule has 2 N–H and O–H groups in total. The van der Waals surface area contributed by atoms with Crippen LogP contribution in [0.1, 0.15) is 31.0 Å². The van der Waals surface area contributed by atoms with Crippen LogP contribution in [0.4, 0.5) is 0 Å². The first-order chi connectivity index (χ1) is 5.46. The van der Waals surface area contributed by atoms with E-state index in [9.17, 15) is 10.2 Å². The lowest BCUT2D eigenvalue weighted by molar-refractivity contribution is 0.348. The third-order valence-corrected chi connectivity index (χ3v) is 2.21. The fourth-order valence-corrected chi connectivity index (χ4v) is 1.29. The highest BCUT2D eigenvalue weighted by molar-refractivity contribution is 5.43. The molecule has 0 fully saturated rings. The molecule has 0 aliphatic carbocycles. The van der Waals surface area contributed by atoms with Gasteiger partial charge >= 0.3 is 0 Å². The van der Waals surface area contributed by atoms with Crippen molar-refractivity contribution in [2.75, 3.05) is 0 Å². The molecule has 0 aliphatic heterocycles. The van der Waals surface area contributed by atoms with Gasteiger partial charge in [0.1, 0.15) is 0 Å². The molecule has 12 heavy (non-hydrogen) atoms. The first-order valence-corrected chi connectivity index (χ1v) is 4.06. The molecule has 0 atom stereocenters. The molecule has 68 valence electrons. The molecule has 1 rings (SSSR count). The van der Waals surface area contributed by atoms with Gasteiger partial charge in [0, 0.05) is 17.2 Å². The van der Waals surface area contributed by atoms with Gasteiger partial charge in [0.25, 0.3) is 0 Å². The molecule has 1 heterocycles. The molecule has 0 radical (unpaired) electrons. The van der Waals surface area contributed by atoms with Crippen LogP contribution in [0, 0.1) is 13.8 Å². The summed E-state index contributed by atoms with van der Waals surface area (Å²) in [6, 6.07) is 0.0809. The number of hydrogen-bond donors (Lipinski definition) is 2. The standard InChI is InChI=1S/C9H15NO2/c1-5(2)10-8(11)6(3)7(4)9(10)12/h5,11-12H,1-4H3. The maximum atomic E-state index is 9.57. The summed E-state index contributed by atoms with van der Waals surface area (Å²) in [7, 11) is 0. The van der Waals surface area contributed by atoms with Gasteiger partial charge in [-0.25, -0.2) is 0 Å². The highest BCUT2D eigenvalue weighted by Gasteiger charge is 2.17. The van der Waals surface area contributed by atoms with Gasteiger partial charge in [-0.1, -0.05) is 0 Å². The van der Waals surface area contributed by atoms with Crippen molar-refractivity contribution in [2.24, 2.45) is 0 Å². The summed E-state index contributed by atoms with van der Waals surface area (Å²) in [6.07, 6.45) is 0. The van der Waals surface area contributed by atoms with Gasteiger partial charge in [-0.15, -0.1) is 0 Å². The number of aromatic hydroxyl groups is 2. The summed E-state index contributed by atoms with van der Waals surface area (Å²) in [5, 5.41) is 19.1. The third-order valence-electron chi connectivity index (χ3n) is 2.21. The van der Waals surface area contributed by atoms with Gasteiger partial charge in [0.15, 0.2) is 11.8 Å². The van der Waals surface area contributed by atoms with Gasteiger partial charge < -0.3 is 10.2 Å². The Bertz CT molecular complexity index is 274. The molecular weight excluding hydrogens is 154 g/mol. The second-order valence-electron chi connectivity index (χ2n) is 3.36. The van der Waals surface area contributed by atoms with Crippen LogP contribution in [0.25, 0.3) is 0 Å². The second kappa shape index (κ2) is 2.73. The molecule has 0 unspecified atom stereocenters. The quantitative estimate of drug-likeness (QED) is 0.676. The first-order valence-electron chi connectivity index (χ1n) is 4.06. The maximum absolute atomic E-state index is 9.57. The molecule has 0 saturated carbocycles. The van der Waals surface area contributed by atoms with Crippen molar-refractivity contribution in [3.05, 3.63) is 11.1 Å². The van der Waals surface area contributed by atoms with E-state index in [2.05, 4.69) is 0 Å². The molecule has 0 aromatic carbocycles. The predicted molar refractivity (Wildman–Crippen MR) is 47.6 cm³/mol. The Morgan fingerprint density at radius 2 is 1.33 bits per heavy atom. The molecular formula is C9H15NO2. The number of nitrogens with zero attached hydrogens (tertiary/aromatic N) is 1. The summed E-state index contributed by atoms with van der Waals surface area (Å²) >= 11 is 0. The van der Waals surface area contributed by atoms with E-state index in [1.165, 1.54) is 4.57 Å². The average Bonchev–Trinajstić information content (AvgIpc) is 2.16. The van der Waals surface area contributed by atoms with E-state index in [1.807, 2.05) is 13.8 Å². The van der Waals surface area contributed by atoms with Crippen LogP contribution in [0.3, 0.4) is 0 Å². The minimum absolute atomic E-state index is 0.0809. The van der Waals surface area contributed by atoms with Crippen molar-refractivity contribution in [1.82, 2.24) is 4.57 Å². The highest BCUT2D eigenvalue weighted by atomic mass is 16.3. The van der Waals surface area contributed by atoms with Gasteiger partial charge in [-0.05, 0) is 27.7 Å². The summed E-state index contributed by atoms with van der Waals surface area (Å²) < 4.78 is 1.52. The first kappa shape index (κ1) is 8.97. The molecule has 3 nitrogen and oxygen atoms in total. The summed E-state index contributed by atoms with van der Waals surface area (Å²) in [5.41, 5.74) is 1.50. The van der Waals surface area contributed by atoms with E-state index in [1.54, 1.807) is 13.8 Å². The topological polar surface area (TPSA) is 45.4 Å². The van der Waals surface area contributed by atoms with Gasteiger partial charge in [-0.3, -0.25) is 4.57 Å². The van der Waals surface area contributed by atoms with Crippen LogP contribution >= 0.6 is 0 Å². The van der Waals surface area contributed by atoms with Crippen molar-refractivity contribution in [3.8, 4) is 11.8 Å². The molecule has 0 saturated heterocycles. The van der Waals surface area contributed by atoms with Crippen LogP contribution < -0.4 is 0 Å². The highest BCUT2D eigenvalue weighted by Crippen LogP contribution is 2.34. The SMILES string of the molecule is Cc1c(C)c(O)n(C(C)C)c1O. The van der Waals surface area contributed by atoms with Crippen molar-refractivity contribution < 1.29 is 10.2 Å². The third kappa shape index (κ3) is 1.05. The molecule has 1 aromatic rings. The number of hydrogen-bond acceptors (Lipinski definition) is 2. The molecule has 0 amide bonds. The Morgan fingerprint density at radius 1 is 1.00 bits per heavy atom. The van der Waals surface area contributed by atoms with Crippen molar-refractivity contribution in [3.63, 3.8) is 0 Å². The molecule has 1 aromatic heterocycles. The summed E-state index contributed by atoms with van der Waals surface area (Å²) in [5.74, 6) is 0.333. The Labute approximate surface area is 72.3 Å². The van der Waals surface area contributed by atoms with Crippen LogP contribution in [-0.4, -0.2) is 14.8 Å². The van der Waals surface area contributed by atoms with E-state index in [4.69, 9.17) is 0 Å². The van der Waals surface area contributed by atoms with Gasteiger partial charge in [0.2, 0.25) is 0 Å². The van der Waals surface area contributed by atoms with E-state index >= 15 is 0 Å². The van der Waals surface area contributed by atoms with E-state index < -0.39 is 0 Å². The largest absolute Gasteiger partial charge is 0.494 e. The van der Waals surface area contributed by atoms with Crippen LogP contribution in [0.2, 0.25) is 0 Å². The average molecular weight is 169 g/mol. The number of rotatable bonds is 1. The fraction of sp³-hybridized carbons (Fsp3) is 0.556. The molecule has 0 spiro atoms. The zero-order chi connectivity index (χ0) is 9.46. The number of aromatic nitrogens is 1.